The van der Waals surface area contributed by atoms with Gasteiger partial charge in [0.25, 0.3) is 0 Å². The SMILES string of the molecule is Cc1ccc(COc2ccc(C=NNC(=S)Nc3cccc(C)c3)cc2)cc1. The van der Waals surface area contributed by atoms with Crippen molar-refractivity contribution in [3.63, 3.8) is 0 Å². The molecule has 4 nitrogen and oxygen atoms in total. The van der Waals surface area contributed by atoms with E-state index in [1.54, 1.807) is 6.21 Å². The highest BCUT2D eigenvalue weighted by Crippen LogP contribution is 2.14. The third-order valence-corrected chi connectivity index (χ3v) is 4.26. The van der Waals surface area contributed by atoms with Gasteiger partial charge in [0.15, 0.2) is 5.11 Å². The number of anilines is 1. The zero-order valence-corrected chi connectivity index (χ0v) is 16.8. The Morgan fingerprint density at radius 3 is 2.43 bits per heavy atom. The molecule has 0 fully saturated rings. The van der Waals surface area contributed by atoms with Crippen molar-refractivity contribution in [2.75, 3.05) is 5.32 Å². The minimum Gasteiger partial charge on any atom is -0.489 e. The number of rotatable bonds is 6. The highest BCUT2D eigenvalue weighted by atomic mass is 32.1. The molecular weight excluding hydrogens is 366 g/mol. The van der Waals surface area contributed by atoms with Crippen molar-refractivity contribution in [3.8, 4) is 5.75 Å². The van der Waals surface area contributed by atoms with E-state index in [-0.39, 0.29) is 0 Å². The second kappa shape index (κ2) is 9.67. The van der Waals surface area contributed by atoms with E-state index in [1.165, 1.54) is 11.1 Å². The number of nitrogens with zero attached hydrogens (tertiary/aromatic N) is 1. The normalized spacial score (nSPS) is 10.6. The van der Waals surface area contributed by atoms with Crippen LogP contribution in [0, 0.1) is 13.8 Å². The Kier molecular flexibility index (Phi) is 6.76. The van der Waals surface area contributed by atoms with Gasteiger partial charge < -0.3 is 10.1 Å². The number of hydrazone groups is 1. The zero-order chi connectivity index (χ0) is 19.8. The van der Waals surface area contributed by atoms with E-state index in [9.17, 15) is 0 Å². The Labute approximate surface area is 171 Å². The summed E-state index contributed by atoms with van der Waals surface area (Å²) < 4.78 is 5.81. The summed E-state index contributed by atoms with van der Waals surface area (Å²) in [6, 6.07) is 24.1. The first-order valence-electron chi connectivity index (χ1n) is 9.04. The van der Waals surface area contributed by atoms with Gasteiger partial charge in [-0.15, -0.1) is 0 Å². The number of hydrogen-bond acceptors (Lipinski definition) is 3. The Balaban J connectivity index is 1.46. The largest absolute Gasteiger partial charge is 0.489 e. The first-order chi connectivity index (χ1) is 13.6. The maximum atomic E-state index is 5.81. The van der Waals surface area contributed by atoms with E-state index in [0.717, 1.165) is 22.6 Å². The molecule has 0 aliphatic carbocycles. The van der Waals surface area contributed by atoms with E-state index in [0.29, 0.717) is 11.7 Å². The molecule has 0 heterocycles. The van der Waals surface area contributed by atoms with E-state index in [1.807, 2.05) is 55.5 Å². The minimum atomic E-state index is 0.444. The van der Waals surface area contributed by atoms with E-state index in [2.05, 4.69) is 47.0 Å². The highest BCUT2D eigenvalue weighted by molar-refractivity contribution is 7.80. The number of ether oxygens (including phenoxy) is 1. The molecule has 3 aromatic carbocycles. The Morgan fingerprint density at radius 1 is 0.964 bits per heavy atom. The summed E-state index contributed by atoms with van der Waals surface area (Å²) in [7, 11) is 0. The molecule has 0 aliphatic rings. The summed E-state index contributed by atoms with van der Waals surface area (Å²) in [6.07, 6.45) is 1.72. The van der Waals surface area contributed by atoms with Crippen LogP contribution >= 0.6 is 12.2 Å². The fourth-order valence-corrected chi connectivity index (χ4v) is 2.72. The summed E-state index contributed by atoms with van der Waals surface area (Å²) in [5.41, 5.74) is 8.27. The average molecular weight is 390 g/mol. The fourth-order valence-electron chi connectivity index (χ4n) is 2.55. The van der Waals surface area contributed by atoms with Gasteiger partial charge in [0, 0.05) is 5.69 Å². The molecule has 3 rings (SSSR count). The van der Waals surface area contributed by atoms with Gasteiger partial charge >= 0.3 is 0 Å². The molecule has 0 unspecified atom stereocenters. The maximum absolute atomic E-state index is 5.81. The van der Waals surface area contributed by atoms with Crippen LogP contribution < -0.4 is 15.5 Å². The lowest BCUT2D eigenvalue weighted by Gasteiger charge is -2.08. The highest BCUT2D eigenvalue weighted by Gasteiger charge is 1.98. The van der Waals surface area contributed by atoms with Gasteiger partial charge in [0.05, 0.1) is 6.21 Å². The molecule has 0 saturated heterocycles. The van der Waals surface area contributed by atoms with Crippen molar-refractivity contribution in [1.29, 1.82) is 0 Å². The van der Waals surface area contributed by atoms with Crippen molar-refractivity contribution in [1.82, 2.24) is 5.43 Å². The quantitative estimate of drug-likeness (QED) is 0.345. The standard InChI is InChI=1S/C23H23N3OS/c1-17-6-8-20(9-7-17)16-27-22-12-10-19(11-13-22)15-24-26-23(28)25-21-5-3-4-18(2)14-21/h3-15H,16H2,1-2H3,(H2,25,26,28). The number of benzene rings is 3. The second-order valence-corrected chi connectivity index (χ2v) is 6.95. The van der Waals surface area contributed by atoms with Gasteiger partial charge in [-0.2, -0.15) is 5.10 Å². The Bertz CT molecular complexity index is 950. The van der Waals surface area contributed by atoms with Crippen LogP contribution in [0.5, 0.6) is 5.75 Å². The summed E-state index contributed by atoms with van der Waals surface area (Å²) >= 11 is 5.25. The van der Waals surface area contributed by atoms with Crippen LogP contribution in [0.4, 0.5) is 5.69 Å². The van der Waals surface area contributed by atoms with E-state index < -0.39 is 0 Å². The van der Waals surface area contributed by atoms with E-state index in [4.69, 9.17) is 17.0 Å². The first-order valence-corrected chi connectivity index (χ1v) is 9.44. The Morgan fingerprint density at radius 2 is 1.71 bits per heavy atom. The molecule has 3 aromatic rings. The van der Waals surface area contributed by atoms with Gasteiger partial charge in [0.2, 0.25) is 0 Å². The third-order valence-electron chi connectivity index (χ3n) is 4.06. The monoisotopic (exact) mass is 389 g/mol. The van der Waals surface area contributed by atoms with E-state index >= 15 is 0 Å². The van der Waals surface area contributed by atoms with Crippen LogP contribution in [0.1, 0.15) is 22.3 Å². The third kappa shape index (κ3) is 6.21. The van der Waals surface area contributed by atoms with Crippen LogP contribution in [-0.4, -0.2) is 11.3 Å². The topological polar surface area (TPSA) is 45.6 Å². The summed E-state index contributed by atoms with van der Waals surface area (Å²) in [4.78, 5) is 0. The van der Waals surface area contributed by atoms with Crippen LogP contribution in [-0.2, 0) is 6.61 Å². The predicted octanol–water partition coefficient (Wildman–Crippen LogP) is 5.20. The lowest BCUT2D eigenvalue weighted by Crippen LogP contribution is -2.23. The number of aryl methyl sites for hydroxylation is 2. The maximum Gasteiger partial charge on any atom is 0.191 e. The summed E-state index contributed by atoms with van der Waals surface area (Å²) in [5.74, 6) is 0.822. The Hall–Kier alpha value is -3.18. The van der Waals surface area contributed by atoms with Crippen molar-refractivity contribution in [3.05, 3.63) is 95.1 Å². The van der Waals surface area contributed by atoms with Gasteiger partial charge in [-0.1, -0.05) is 42.0 Å². The predicted molar refractivity (Wildman–Crippen MR) is 120 cm³/mol. The van der Waals surface area contributed by atoms with Gasteiger partial charge in [0.1, 0.15) is 12.4 Å². The lowest BCUT2D eigenvalue weighted by atomic mass is 10.2. The van der Waals surface area contributed by atoms with Crippen LogP contribution in [0.3, 0.4) is 0 Å². The second-order valence-electron chi connectivity index (χ2n) is 6.54. The number of hydrogen-bond donors (Lipinski definition) is 2. The zero-order valence-electron chi connectivity index (χ0n) is 16.0. The van der Waals surface area contributed by atoms with Crippen molar-refractivity contribution in [2.45, 2.75) is 20.5 Å². The molecular formula is C23H23N3OS. The van der Waals surface area contributed by atoms with Gasteiger partial charge in [-0.25, -0.2) is 0 Å². The molecule has 0 aliphatic heterocycles. The molecule has 0 radical (unpaired) electrons. The van der Waals surface area contributed by atoms with Crippen LogP contribution in [0.2, 0.25) is 0 Å². The molecule has 0 saturated carbocycles. The van der Waals surface area contributed by atoms with Crippen LogP contribution in [0.25, 0.3) is 0 Å². The summed E-state index contributed by atoms with van der Waals surface area (Å²) in [6.45, 7) is 4.66. The van der Waals surface area contributed by atoms with Gasteiger partial charge in [-0.3, -0.25) is 5.43 Å². The lowest BCUT2D eigenvalue weighted by molar-refractivity contribution is 0.306. The molecule has 0 atom stereocenters. The van der Waals surface area contributed by atoms with Crippen molar-refractivity contribution >= 4 is 29.2 Å². The minimum absolute atomic E-state index is 0.444. The smallest absolute Gasteiger partial charge is 0.191 e. The molecule has 0 bridgehead atoms. The average Bonchev–Trinajstić information content (AvgIpc) is 2.68. The van der Waals surface area contributed by atoms with Crippen molar-refractivity contribution < 1.29 is 4.74 Å². The molecule has 142 valence electrons. The number of nitrogens with one attached hydrogen (secondary N) is 2. The fraction of sp³-hybridized carbons (Fsp3) is 0.130. The van der Waals surface area contributed by atoms with Gasteiger partial charge in [-0.05, 0) is 79.2 Å². The van der Waals surface area contributed by atoms with Crippen LogP contribution in [0.15, 0.2) is 77.9 Å². The molecule has 5 heteroatoms. The molecule has 0 aromatic heterocycles. The van der Waals surface area contributed by atoms with Crippen molar-refractivity contribution in [2.24, 2.45) is 5.10 Å². The number of thiocarbonyl (C=S) groups is 1. The molecule has 0 amide bonds. The first kappa shape index (κ1) is 19.6. The molecule has 28 heavy (non-hydrogen) atoms. The molecule has 2 N–H and O–H groups in total. The molecule has 0 spiro atoms. The summed E-state index contributed by atoms with van der Waals surface area (Å²) in [5, 5.41) is 7.72.